The van der Waals surface area contributed by atoms with Crippen LogP contribution in [0.2, 0.25) is 0 Å². The molecular weight excluding hydrogens is 221 g/mol. The van der Waals surface area contributed by atoms with E-state index in [1.807, 2.05) is 13.0 Å². The van der Waals surface area contributed by atoms with Crippen molar-refractivity contribution in [2.45, 2.75) is 13.3 Å². The van der Waals surface area contributed by atoms with Gasteiger partial charge in [-0.3, -0.25) is 0 Å². The van der Waals surface area contributed by atoms with Crippen LogP contribution in [0.5, 0.6) is 0 Å². The molecule has 0 aromatic heterocycles. The number of rotatable bonds is 8. The van der Waals surface area contributed by atoms with Crippen molar-refractivity contribution in [3.8, 4) is 0 Å². The number of hydrogen-bond donors (Lipinski definition) is 1. The van der Waals surface area contributed by atoms with Crippen LogP contribution in [0.4, 0.5) is 10.1 Å². The molecule has 96 valence electrons. The van der Waals surface area contributed by atoms with Gasteiger partial charge in [-0.2, -0.15) is 0 Å². The molecule has 0 aliphatic rings. The van der Waals surface area contributed by atoms with Gasteiger partial charge in [0, 0.05) is 32.6 Å². The van der Waals surface area contributed by atoms with E-state index in [4.69, 9.17) is 9.47 Å². The molecule has 0 aliphatic heterocycles. The van der Waals surface area contributed by atoms with Gasteiger partial charge >= 0.3 is 0 Å². The minimum absolute atomic E-state index is 0.214. The van der Waals surface area contributed by atoms with E-state index in [0.29, 0.717) is 19.8 Å². The van der Waals surface area contributed by atoms with Crippen LogP contribution in [0.3, 0.4) is 0 Å². The van der Waals surface area contributed by atoms with Gasteiger partial charge in [0.2, 0.25) is 0 Å². The Morgan fingerprint density at radius 3 is 2.71 bits per heavy atom. The molecule has 1 N–H and O–H groups in total. The maximum Gasteiger partial charge on any atom is 0.125 e. The summed E-state index contributed by atoms with van der Waals surface area (Å²) >= 11 is 0. The maximum atomic E-state index is 13.1. The fourth-order valence-corrected chi connectivity index (χ4v) is 1.51. The summed E-state index contributed by atoms with van der Waals surface area (Å²) in [6, 6.07) is 4.90. The van der Waals surface area contributed by atoms with E-state index >= 15 is 0 Å². The first-order chi connectivity index (χ1) is 8.22. The standard InChI is InChI=1S/C13H20FNO2/c1-11-8-12(14)10-13(9-11)15-4-7-17-6-3-5-16-2/h8-10,15H,3-7H2,1-2H3. The highest BCUT2D eigenvalue weighted by molar-refractivity contribution is 5.45. The van der Waals surface area contributed by atoms with Crippen LogP contribution in [-0.2, 0) is 9.47 Å². The molecule has 0 saturated carbocycles. The molecule has 0 spiro atoms. The molecule has 0 saturated heterocycles. The number of ether oxygens (including phenoxy) is 2. The van der Waals surface area contributed by atoms with Gasteiger partial charge in [0.05, 0.1) is 6.61 Å². The Balaban J connectivity index is 2.13. The minimum atomic E-state index is -0.214. The summed E-state index contributed by atoms with van der Waals surface area (Å²) in [6.45, 7) is 4.57. The van der Waals surface area contributed by atoms with Crippen molar-refractivity contribution in [3.63, 3.8) is 0 Å². The van der Waals surface area contributed by atoms with E-state index in [-0.39, 0.29) is 5.82 Å². The van der Waals surface area contributed by atoms with E-state index < -0.39 is 0 Å². The molecule has 17 heavy (non-hydrogen) atoms. The Morgan fingerprint density at radius 1 is 1.18 bits per heavy atom. The molecule has 3 nitrogen and oxygen atoms in total. The lowest BCUT2D eigenvalue weighted by atomic mass is 10.2. The van der Waals surface area contributed by atoms with Crippen molar-refractivity contribution in [2.75, 3.05) is 38.8 Å². The van der Waals surface area contributed by atoms with Crippen LogP contribution in [0.15, 0.2) is 18.2 Å². The third kappa shape index (κ3) is 6.24. The number of methoxy groups -OCH3 is 1. The van der Waals surface area contributed by atoms with E-state index in [9.17, 15) is 4.39 Å². The van der Waals surface area contributed by atoms with Crippen molar-refractivity contribution in [2.24, 2.45) is 0 Å². The number of aryl methyl sites for hydroxylation is 1. The Labute approximate surface area is 102 Å². The van der Waals surface area contributed by atoms with Gasteiger partial charge in [-0.1, -0.05) is 0 Å². The van der Waals surface area contributed by atoms with Gasteiger partial charge in [-0.05, 0) is 37.1 Å². The van der Waals surface area contributed by atoms with Crippen molar-refractivity contribution in [1.29, 1.82) is 0 Å². The first kappa shape index (κ1) is 13.9. The Bertz CT molecular complexity index is 311. The van der Waals surface area contributed by atoms with Crippen LogP contribution in [0, 0.1) is 12.7 Å². The van der Waals surface area contributed by atoms with Gasteiger partial charge in [-0.25, -0.2) is 4.39 Å². The lowest BCUT2D eigenvalue weighted by Crippen LogP contribution is -2.11. The van der Waals surface area contributed by atoms with E-state index in [2.05, 4.69) is 5.32 Å². The Hall–Kier alpha value is -1.13. The maximum absolute atomic E-state index is 13.1. The van der Waals surface area contributed by atoms with E-state index in [1.165, 1.54) is 12.1 Å². The third-order valence-electron chi connectivity index (χ3n) is 2.25. The molecule has 0 aliphatic carbocycles. The fourth-order valence-electron chi connectivity index (χ4n) is 1.51. The van der Waals surface area contributed by atoms with Crippen LogP contribution in [0.25, 0.3) is 0 Å². The normalized spacial score (nSPS) is 10.5. The molecule has 0 fully saturated rings. The molecule has 0 radical (unpaired) electrons. The fraction of sp³-hybridized carbons (Fsp3) is 0.538. The third-order valence-corrected chi connectivity index (χ3v) is 2.25. The molecule has 0 amide bonds. The lowest BCUT2D eigenvalue weighted by molar-refractivity contribution is 0.109. The van der Waals surface area contributed by atoms with E-state index in [1.54, 1.807) is 7.11 Å². The molecular formula is C13H20FNO2. The average molecular weight is 241 g/mol. The van der Waals surface area contributed by atoms with E-state index in [0.717, 1.165) is 24.3 Å². The summed E-state index contributed by atoms with van der Waals surface area (Å²) in [6.07, 6.45) is 0.898. The first-order valence-electron chi connectivity index (χ1n) is 5.80. The number of nitrogens with one attached hydrogen (secondary N) is 1. The van der Waals surface area contributed by atoms with Crippen molar-refractivity contribution >= 4 is 5.69 Å². The zero-order chi connectivity index (χ0) is 12.5. The summed E-state index contributed by atoms with van der Waals surface area (Å²) in [5.74, 6) is -0.214. The highest BCUT2D eigenvalue weighted by atomic mass is 19.1. The SMILES string of the molecule is COCCCOCCNc1cc(C)cc(F)c1. The monoisotopic (exact) mass is 241 g/mol. The summed E-state index contributed by atoms with van der Waals surface area (Å²) in [5, 5.41) is 3.12. The summed E-state index contributed by atoms with van der Waals surface area (Å²) in [4.78, 5) is 0. The second-order valence-electron chi connectivity index (χ2n) is 3.90. The molecule has 0 bridgehead atoms. The largest absolute Gasteiger partial charge is 0.385 e. The van der Waals surface area contributed by atoms with Gasteiger partial charge in [-0.15, -0.1) is 0 Å². The molecule has 1 aromatic carbocycles. The van der Waals surface area contributed by atoms with Crippen molar-refractivity contribution < 1.29 is 13.9 Å². The molecule has 1 aromatic rings. The van der Waals surface area contributed by atoms with Gasteiger partial charge in [0.1, 0.15) is 5.82 Å². The highest BCUT2D eigenvalue weighted by Gasteiger charge is 1.97. The van der Waals surface area contributed by atoms with Gasteiger partial charge < -0.3 is 14.8 Å². The smallest absolute Gasteiger partial charge is 0.125 e. The second kappa shape index (κ2) is 8.03. The number of anilines is 1. The van der Waals surface area contributed by atoms with Crippen LogP contribution in [0.1, 0.15) is 12.0 Å². The molecule has 0 heterocycles. The number of hydrogen-bond acceptors (Lipinski definition) is 3. The molecule has 4 heteroatoms. The Morgan fingerprint density at radius 2 is 2.00 bits per heavy atom. The topological polar surface area (TPSA) is 30.5 Å². The average Bonchev–Trinajstić information content (AvgIpc) is 2.26. The summed E-state index contributed by atoms with van der Waals surface area (Å²) in [7, 11) is 1.67. The number of benzene rings is 1. The summed E-state index contributed by atoms with van der Waals surface area (Å²) < 4.78 is 23.3. The van der Waals surface area contributed by atoms with Gasteiger partial charge in [0.15, 0.2) is 0 Å². The second-order valence-corrected chi connectivity index (χ2v) is 3.90. The lowest BCUT2D eigenvalue weighted by Gasteiger charge is -2.08. The predicted molar refractivity (Wildman–Crippen MR) is 66.9 cm³/mol. The molecule has 0 atom stereocenters. The van der Waals surface area contributed by atoms with Crippen LogP contribution < -0.4 is 5.32 Å². The van der Waals surface area contributed by atoms with Crippen molar-refractivity contribution in [3.05, 3.63) is 29.6 Å². The van der Waals surface area contributed by atoms with Crippen LogP contribution >= 0.6 is 0 Å². The molecule has 1 rings (SSSR count). The predicted octanol–water partition coefficient (Wildman–Crippen LogP) is 2.60. The van der Waals surface area contributed by atoms with Crippen molar-refractivity contribution in [1.82, 2.24) is 0 Å². The molecule has 0 unspecified atom stereocenters. The quantitative estimate of drug-likeness (QED) is 0.710. The summed E-state index contributed by atoms with van der Waals surface area (Å²) in [5.41, 5.74) is 1.71. The zero-order valence-electron chi connectivity index (χ0n) is 10.5. The minimum Gasteiger partial charge on any atom is -0.385 e. The first-order valence-corrected chi connectivity index (χ1v) is 5.80. The Kier molecular flexibility index (Phi) is 6.58. The van der Waals surface area contributed by atoms with Crippen LogP contribution in [-0.4, -0.2) is 33.5 Å². The number of halogens is 1. The van der Waals surface area contributed by atoms with Gasteiger partial charge in [0.25, 0.3) is 0 Å². The zero-order valence-corrected chi connectivity index (χ0v) is 10.5. The highest BCUT2D eigenvalue weighted by Crippen LogP contribution is 2.12.